The molecule has 0 saturated heterocycles. The molecule has 1 aromatic rings. The number of carbonyl (C=O) groups is 1. The highest BCUT2D eigenvalue weighted by atomic mass is 79.9. The second kappa shape index (κ2) is 4.24. The Hall–Kier alpha value is -1.35. The molecule has 1 atom stereocenters. The summed E-state index contributed by atoms with van der Waals surface area (Å²) in [6, 6.07) is 1.95. The fourth-order valence-corrected chi connectivity index (χ4v) is 0.998. The zero-order valence-electron chi connectivity index (χ0n) is 7.78. The van der Waals surface area contributed by atoms with E-state index in [-0.39, 0.29) is 10.7 Å². The third-order valence-electron chi connectivity index (χ3n) is 1.66. The molecule has 0 aliphatic carbocycles. The number of amides is 1. The van der Waals surface area contributed by atoms with Gasteiger partial charge in [0.15, 0.2) is 0 Å². The quantitative estimate of drug-likeness (QED) is 0.804. The molecule has 0 saturated carbocycles. The Morgan fingerprint density at radius 3 is 3.00 bits per heavy atom. The van der Waals surface area contributed by atoms with Crippen molar-refractivity contribution < 1.29 is 4.79 Å². The predicted molar refractivity (Wildman–Crippen MR) is 54.9 cm³/mol. The molecular formula is C8H9BrN4O. The smallest absolute Gasteiger partial charge is 0.239 e. The van der Waals surface area contributed by atoms with Gasteiger partial charge in [-0.25, -0.2) is 0 Å². The van der Waals surface area contributed by atoms with Crippen molar-refractivity contribution in [1.82, 2.24) is 9.78 Å². The van der Waals surface area contributed by atoms with Gasteiger partial charge in [-0.05, 0) is 6.92 Å². The van der Waals surface area contributed by atoms with Crippen molar-refractivity contribution >= 4 is 27.7 Å². The molecule has 0 fully saturated rings. The molecule has 1 rings (SSSR count). The van der Waals surface area contributed by atoms with Crippen LogP contribution in [-0.4, -0.2) is 20.5 Å². The Kier molecular flexibility index (Phi) is 3.25. The van der Waals surface area contributed by atoms with E-state index in [0.717, 1.165) is 0 Å². The molecule has 14 heavy (non-hydrogen) atoms. The first-order valence-electron chi connectivity index (χ1n) is 3.93. The van der Waals surface area contributed by atoms with E-state index >= 15 is 0 Å². The molecule has 0 aromatic carbocycles. The van der Waals surface area contributed by atoms with Crippen molar-refractivity contribution in [3.8, 4) is 6.07 Å². The molecular weight excluding hydrogens is 248 g/mol. The van der Waals surface area contributed by atoms with E-state index in [0.29, 0.717) is 11.4 Å². The number of rotatable bonds is 2. The van der Waals surface area contributed by atoms with Crippen LogP contribution in [0.2, 0.25) is 0 Å². The first-order valence-corrected chi connectivity index (χ1v) is 4.85. The van der Waals surface area contributed by atoms with Crippen LogP contribution in [0.3, 0.4) is 0 Å². The standard InChI is InChI=1S/C8H9BrN4O/c1-5(9)8(14)12-7-6(3-10)4-11-13(7)2/h4-5H,1-2H3,(H,12,14). The van der Waals surface area contributed by atoms with Gasteiger partial charge in [0.1, 0.15) is 17.5 Å². The van der Waals surface area contributed by atoms with Crippen molar-refractivity contribution in [3.63, 3.8) is 0 Å². The van der Waals surface area contributed by atoms with Crippen molar-refractivity contribution in [2.75, 3.05) is 5.32 Å². The number of hydrogen-bond donors (Lipinski definition) is 1. The Balaban J connectivity index is 2.91. The Morgan fingerprint density at radius 2 is 2.50 bits per heavy atom. The average molecular weight is 257 g/mol. The fraction of sp³-hybridized carbons (Fsp3) is 0.375. The van der Waals surface area contributed by atoms with Crippen LogP contribution in [0.25, 0.3) is 0 Å². The summed E-state index contributed by atoms with van der Waals surface area (Å²) in [7, 11) is 1.66. The average Bonchev–Trinajstić information content (AvgIpc) is 2.47. The minimum absolute atomic E-state index is 0.204. The molecule has 0 radical (unpaired) electrons. The molecule has 1 unspecified atom stereocenters. The van der Waals surface area contributed by atoms with Crippen molar-refractivity contribution in [3.05, 3.63) is 11.8 Å². The van der Waals surface area contributed by atoms with Gasteiger partial charge in [-0.3, -0.25) is 9.48 Å². The van der Waals surface area contributed by atoms with Gasteiger partial charge in [-0.1, -0.05) is 15.9 Å². The van der Waals surface area contributed by atoms with Crippen LogP contribution in [0.15, 0.2) is 6.20 Å². The Labute approximate surface area is 89.8 Å². The largest absolute Gasteiger partial charge is 0.309 e. The van der Waals surface area contributed by atoms with E-state index in [2.05, 4.69) is 26.3 Å². The first kappa shape index (κ1) is 10.7. The van der Waals surface area contributed by atoms with E-state index in [1.54, 1.807) is 14.0 Å². The highest BCUT2D eigenvalue weighted by Crippen LogP contribution is 2.13. The zero-order chi connectivity index (χ0) is 10.7. The molecule has 1 aromatic heterocycles. The monoisotopic (exact) mass is 256 g/mol. The summed E-state index contributed by atoms with van der Waals surface area (Å²) in [5, 5.41) is 15.2. The zero-order valence-corrected chi connectivity index (χ0v) is 9.37. The minimum atomic E-state index is -0.302. The second-order valence-electron chi connectivity index (χ2n) is 2.75. The fourth-order valence-electron chi connectivity index (χ4n) is 0.884. The minimum Gasteiger partial charge on any atom is -0.309 e. The number of nitrogens with zero attached hydrogens (tertiary/aromatic N) is 3. The number of carbonyl (C=O) groups excluding carboxylic acids is 1. The van der Waals surface area contributed by atoms with E-state index < -0.39 is 0 Å². The molecule has 1 N–H and O–H groups in total. The maximum atomic E-state index is 11.3. The maximum absolute atomic E-state index is 11.3. The molecule has 0 spiro atoms. The third kappa shape index (κ3) is 2.12. The second-order valence-corrected chi connectivity index (χ2v) is 4.12. The van der Waals surface area contributed by atoms with Crippen molar-refractivity contribution in [2.24, 2.45) is 7.05 Å². The third-order valence-corrected chi connectivity index (χ3v) is 2.08. The van der Waals surface area contributed by atoms with E-state index in [4.69, 9.17) is 5.26 Å². The van der Waals surface area contributed by atoms with Gasteiger partial charge in [0.25, 0.3) is 0 Å². The lowest BCUT2D eigenvalue weighted by molar-refractivity contribution is -0.115. The summed E-state index contributed by atoms with van der Waals surface area (Å²) in [5.41, 5.74) is 0.356. The molecule has 74 valence electrons. The molecule has 1 heterocycles. The summed E-state index contributed by atoms with van der Waals surface area (Å²) >= 11 is 3.13. The number of aromatic nitrogens is 2. The summed E-state index contributed by atoms with van der Waals surface area (Å²) in [4.78, 5) is 11.0. The van der Waals surface area contributed by atoms with E-state index in [9.17, 15) is 4.79 Å². The Bertz CT molecular complexity index is 391. The van der Waals surface area contributed by atoms with Gasteiger partial charge in [0.2, 0.25) is 5.91 Å². The van der Waals surface area contributed by atoms with Gasteiger partial charge in [-0.15, -0.1) is 0 Å². The molecule has 0 bridgehead atoms. The van der Waals surface area contributed by atoms with E-state index in [1.807, 2.05) is 6.07 Å². The van der Waals surface area contributed by atoms with Crippen LogP contribution in [-0.2, 0) is 11.8 Å². The van der Waals surface area contributed by atoms with Gasteiger partial charge >= 0.3 is 0 Å². The molecule has 6 heteroatoms. The SMILES string of the molecule is CC(Br)C(=O)Nc1c(C#N)cnn1C. The van der Waals surface area contributed by atoms with Crippen molar-refractivity contribution in [2.45, 2.75) is 11.8 Å². The lowest BCUT2D eigenvalue weighted by Gasteiger charge is -2.06. The first-order chi connectivity index (χ1) is 6.56. The van der Waals surface area contributed by atoms with Gasteiger partial charge in [0.05, 0.1) is 11.0 Å². The number of hydrogen-bond acceptors (Lipinski definition) is 3. The van der Waals surface area contributed by atoms with Crippen LogP contribution < -0.4 is 5.32 Å². The lowest BCUT2D eigenvalue weighted by atomic mass is 10.3. The van der Waals surface area contributed by atoms with Crippen LogP contribution in [0.1, 0.15) is 12.5 Å². The van der Waals surface area contributed by atoms with Gasteiger partial charge in [-0.2, -0.15) is 10.4 Å². The summed E-state index contributed by atoms with van der Waals surface area (Å²) in [6.07, 6.45) is 1.41. The highest BCUT2D eigenvalue weighted by Gasteiger charge is 2.14. The Morgan fingerprint density at radius 1 is 1.86 bits per heavy atom. The van der Waals surface area contributed by atoms with Crippen molar-refractivity contribution in [1.29, 1.82) is 5.26 Å². The molecule has 0 aliphatic heterocycles. The number of aryl methyl sites for hydroxylation is 1. The number of nitrogens with one attached hydrogen (secondary N) is 1. The van der Waals surface area contributed by atoms with Crippen LogP contribution in [0.4, 0.5) is 5.82 Å². The summed E-state index contributed by atoms with van der Waals surface area (Å²) in [6.45, 7) is 1.71. The molecule has 0 aliphatic rings. The van der Waals surface area contributed by atoms with E-state index in [1.165, 1.54) is 10.9 Å². The molecule has 5 nitrogen and oxygen atoms in total. The van der Waals surface area contributed by atoms with Crippen LogP contribution in [0, 0.1) is 11.3 Å². The number of halogens is 1. The predicted octanol–water partition coefficient (Wildman–Crippen LogP) is 1.01. The maximum Gasteiger partial charge on any atom is 0.239 e. The number of alkyl halides is 1. The molecule has 1 amide bonds. The van der Waals surface area contributed by atoms with Crippen LogP contribution in [0.5, 0.6) is 0 Å². The number of anilines is 1. The number of nitriles is 1. The summed E-state index contributed by atoms with van der Waals surface area (Å²) < 4.78 is 1.45. The van der Waals surface area contributed by atoms with Gasteiger partial charge < -0.3 is 5.32 Å². The highest BCUT2D eigenvalue weighted by molar-refractivity contribution is 9.10. The topological polar surface area (TPSA) is 70.7 Å². The lowest BCUT2D eigenvalue weighted by Crippen LogP contribution is -2.22. The normalized spacial score (nSPS) is 11.9. The van der Waals surface area contributed by atoms with Gasteiger partial charge in [0, 0.05) is 7.05 Å². The van der Waals surface area contributed by atoms with Crippen LogP contribution >= 0.6 is 15.9 Å². The summed E-state index contributed by atoms with van der Waals surface area (Å²) in [5.74, 6) is 0.217.